The molecule has 6 nitrogen and oxygen atoms in total. The number of carbonyl (C=O) groups is 2. The Labute approximate surface area is 201 Å². The second-order valence-corrected chi connectivity index (χ2v) is 10.5. The Morgan fingerprint density at radius 1 is 1.15 bits per heavy atom. The fourth-order valence-corrected chi connectivity index (χ4v) is 6.06. The van der Waals surface area contributed by atoms with Crippen molar-refractivity contribution in [2.24, 2.45) is 11.3 Å². The minimum atomic E-state index is -0.260. The Bertz CT molecular complexity index is 966. The normalized spacial score (nSPS) is 26.6. The molecule has 2 atom stereocenters. The van der Waals surface area contributed by atoms with Crippen LogP contribution in [-0.4, -0.2) is 55.6 Å². The van der Waals surface area contributed by atoms with Gasteiger partial charge < -0.3 is 15.0 Å². The Balaban J connectivity index is 1.16. The van der Waals surface area contributed by atoms with E-state index in [1.807, 2.05) is 13.0 Å². The van der Waals surface area contributed by atoms with E-state index in [1.165, 1.54) is 18.9 Å². The van der Waals surface area contributed by atoms with Crippen LogP contribution in [0.4, 0.5) is 10.1 Å². The minimum Gasteiger partial charge on any atom is -0.463 e. The maximum atomic E-state index is 13.6. The second-order valence-electron chi connectivity index (χ2n) is 10.5. The van der Waals surface area contributed by atoms with Crippen LogP contribution in [0.3, 0.4) is 0 Å². The van der Waals surface area contributed by atoms with Crippen molar-refractivity contribution >= 4 is 17.6 Å². The lowest BCUT2D eigenvalue weighted by atomic mass is 9.83. The van der Waals surface area contributed by atoms with Crippen LogP contribution in [0.2, 0.25) is 0 Å². The molecule has 0 bridgehead atoms. The number of nitrogens with one attached hydrogen (secondary N) is 1. The summed E-state index contributed by atoms with van der Waals surface area (Å²) in [4.78, 5) is 30.4. The second kappa shape index (κ2) is 9.68. The van der Waals surface area contributed by atoms with Gasteiger partial charge in [0.2, 0.25) is 5.91 Å². The average Bonchev–Trinajstić information content (AvgIpc) is 3.40. The Morgan fingerprint density at radius 3 is 2.65 bits per heavy atom. The summed E-state index contributed by atoms with van der Waals surface area (Å²) < 4.78 is 18.9. The van der Waals surface area contributed by atoms with Gasteiger partial charge in [0.1, 0.15) is 5.82 Å². The number of amides is 1. The molecule has 3 fully saturated rings. The number of esters is 1. The van der Waals surface area contributed by atoms with E-state index in [0.29, 0.717) is 18.2 Å². The summed E-state index contributed by atoms with van der Waals surface area (Å²) in [5.74, 6) is -0.413. The molecule has 0 unspecified atom stereocenters. The smallest absolute Gasteiger partial charge is 0.335 e. The number of anilines is 1. The Morgan fingerprint density at radius 2 is 1.94 bits per heavy atom. The van der Waals surface area contributed by atoms with Crippen LogP contribution < -0.4 is 10.2 Å². The largest absolute Gasteiger partial charge is 0.463 e. The van der Waals surface area contributed by atoms with E-state index in [9.17, 15) is 14.0 Å². The highest BCUT2D eigenvalue weighted by atomic mass is 19.1. The predicted molar refractivity (Wildman–Crippen MR) is 129 cm³/mol. The van der Waals surface area contributed by atoms with Crippen molar-refractivity contribution < 1.29 is 18.7 Å². The lowest BCUT2D eigenvalue weighted by Gasteiger charge is -2.39. The van der Waals surface area contributed by atoms with Crippen molar-refractivity contribution in [1.29, 1.82) is 0 Å². The summed E-state index contributed by atoms with van der Waals surface area (Å²) in [6.07, 6.45) is 7.66. The lowest BCUT2D eigenvalue weighted by molar-refractivity contribution is -0.139. The number of carbonyl (C=O) groups excluding carboxylic acids is 2. The van der Waals surface area contributed by atoms with Crippen molar-refractivity contribution in [2.75, 3.05) is 37.7 Å². The number of hydrogen-bond donors (Lipinski definition) is 1. The Hall–Kier alpha value is -2.41. The van der Waals surface area contributed by atoms with Crippen LogP contribution in [0.1, 0.15) is 58.3 Å². The maximum Gasteiger partial charge on any atom is 0.335 e. The lowest BCUT2D eigenvalue weighted by Crippen LogP contribution is -2.50. The van der Waals surface area contributed by atoms with Crippen LogP contribution in [0.15, 0.2) is 35.5 Å². The van der Waals surface area contributed by atoms with Crippen LogP contribution in [0.5, 0.6) is 0 Å². The number of hydrogen-bond acceptors (Lipinski definition) is 5. The van der Waals surface area contributed by atoms with E-state index in [-0.39, 0.29) is 29.0 Å². The minimum absolute atomic E-state index is 0.0148. The molecule has 1 aliphatic heterocycles. The molecule has 4 aliphatic rings. The zero-order chi connectivity index (χ0) is 23.7. The molecular formula is C27H36FN3O3. The van der Waals surface area contributed by atoms with Gasteiger partial charge in [-0.05, 0) is 81.9 Å². The molecule has 1 N–H and O–H groups in total. The van der Waals surface area contributed by atoms with Crippen molar-refractivity contribution in [3.8, 4) is 0 Å². The third-order valence-electron chi connectivity index (χ3n) is 8.35. The third kappa shape index (κ3) is 4.99. The molecule has 184 valence electrons. The number of ether oxygens (including phenoxy) is 1. The highest BCUT2D eigenvalue weighted by Crippen LogP contribution is 2.57. The van der Waals surface area contributed by atoms with E-state index in [0.717, 1.165) is 76.1 Å². The van der Waals surface area contributed by atoms with Crippen LogP contribution in [0, 0.1) is 17.2 Å². The van der Waals surface area contributed by atoms with E-state index in [2.05, 4.69) is 15.1 Å². The average molecular weight is 470 g/mol. The molecule has 1 saturated heterocycles. The summed E-state index contributed by atoms with van der Waals surface area (Å²) in [6, 6.07) is 7.21. The SMILES string of the molecule is CCOC(=O)C1=C(NC(=O)[C@@H]2CC[C@H](N3CCN(c4cccc(F)c4)CC3)C2)CCC2(CC2)C1. The van der Waals surface area contributed by atoms with Gasteiger partial charge in [-0.15, -0.1) is 0 Å². The van der Waals surface area contributed by atoms with Gasteiger partial charge in [-0.2, -0.15) is 0 Å². The first kappa shape index (κ1) is 23.3. The molecule has 2 saturated carbocycles. The summed E-state index contributed by atoms with van der Waals surface area (Å²) in [7, 11) is 0. The van der Waals surface area contributed by atoms with Crippen LogP contribution in [-0.2, 0) is 14.3 Å². The van der Waals surface area contributed by atoms with Crippen molar-refractivity contribution in [3.05, 3.63) is 41.4 Å². The van der Waals surface area contributed by atoms with Gasteiger partial charge in [0, 0.05) is 49.5 Å². The number of nitrogens with zero attached hydrogens (tertiary/aromatic N) is 2. The molecule has 3 aliphatic carbocycles. The molecular weight excluding hydrogens is 433 g/mol. The van der Waals surface area contributed by atoms with Gasteiger partial charge in [-0.3, -0.25) is 9.69 Å². The molecule has 0 aromatic heterocycles. The first-order chi connectivity index (χ1) is 16.5. The van der Waals surface area contributed by atoms with Crippen molar-refractivity contribution in [1.82, 2.24) is 10.2 Å². The molecule has 7 heteroatoms. The van der Waals surface area contributed by atoms with E-state index in [1.54, 1.807) is 12.1 Å². The zero-order valence-electron chi connectivity index (χ0n) is 20.2. The predicted octanol–water partition coefficient (Wildman–Crippen LogP) is 4.01. The van der Waals surface area contributed by atoms with E-state index in [4.69, 9.17) is 4.74 Å². The first-order valence-electron chi connectivity index (χ1n) is 12.9. The van der Waals surface area contributed by atoms with Gasteiger partial charge in [0.25, 0.3) is 0 Å². The third-order valence-corrected chi connectivity index (χ3v) is 8.35. The quantitative estimate of drug-likeness (QED) is 0.638. The van der Waals surface area contributed by atoms with Crippen molar-refractivity contribution in [3.63, 3.8) is 0 Å². The van der Waals surface area contributed by atoms with Gasteiger partial charge in [-0.25, -0.2) is 9.18 Å². The standard InChI is InChI=1S/C27H36FN3O3/c1-2-34-26(33)23-18-27(10-11-27)9-8-24(23)29-25(32)19-6-7-22(16-19)31-14-12-30(13-15-31)21-5-3-4-20(28)17-21/h3-5,17,19,22H,2,6-16,18H2,1H3,(H,29,32)/t19-,22+/m1/s1. The number of rotatable bonds is 6. The molecule has 0 radical (unpaired) electrons. The highest BCUT2D eigenvalue weighted by Gasteiger charge is 2.47. The van der Waals surface area contributed by atoms with Crippen molar-refractivity contribution in [2.45, 2.75) is 64.3 Å². The van der Waals surface area contributed by atoms with Crippen LogP contribution in [0.25, 0.3) is 0 Å². The number of piperazine rings is 1. The summed E-state index contributed by atoms with van der Waals surface area (Å²) in [5.41, 5.74) is 2.71. The van der Waals surface area contributed by atoms with E-state index < -0.39 is 0 Å². The Kier molecular flexibility index (Phi) is 6.65. The van der Waals surface area contributed by atoms with Gasteiger partial charge in [0.15, 0.2) is 0 Å². The fraction of sp³-hybridized carbons (Fsp3) is 0.630. The first-order valence-corrected chi connectivity index (χ1v) is 12.9. The number of allylic oxidation sites excluding steroid dienone is 1. The molecule has 1 spiro atoms. The van der Waals surface area contributed by atoms with Gasteiger partial charge in [0.05, 0.1) is 12.2 Å². The van der Waals surface area contributed by atoms with Gasteiger partial charge in [-0.1, -0.05) is 6.07 Å². The topological polar surface area (TPSA) is 61.9 Å². The molecule has 34 heavy (non-hydrogen) atoms. The zero-order valence-corrected chi connectivity index (χ0v) is 20.2. The highest BCUT2D eigenvalue weighted by molar-refractivity contribution is 5.91. The number of halogens is 1. The number of benzene rings is 1. The summed E-state index contributed by atoms with van der Waals surface area (Å²) in [5, 5.41) is 3.15. The van der Waals surface area contributed by atoms with E-state index >= 15 is 0 Å². The van der Waals surface area contributed by atoms with Crippen LogP contribution >= 0.6 is 0 Å². The monoisotopic (exact) mass is 469 g/mol. The molecule has 5 rings (SSSR count). The molecule has 1 aromatic carbocycles. The molecule has 1 heterocycles. The van der Waals surface area contributed by atoms with Gasteiger partial charge >= 0.3 is 5.97 Å². The summed E-state index contributed by atoms with van der Waals surface area (Å²) >= 11 is 0. The molecule has 1 aromatic rings. The molecule has 1 amide bonds. The fourth-order valence-electron chi connectivity index (χ4n) is 6.06. The summed E-state index contributed by atoms with van der Waals surface area (Å²) in [6.45, 7) is 5.77. The maximum absolute atomic E-state index is 13.6.